The fourth-order valence-corrected chi connectivity index (χ4v) is 3.96. The molecular formula is C18H22Br2NO3P. The Labute approximate surface area is 164 Å². The Hall–Kier alpha value is -0.650. The molecule has 0 aliphatic heterocycles. The van der Waals surface area contributed by atoms with E-state index in [-0.39, 0.29) is 6.16 Å². The van der Waals surface area contributed by atoms with E-state index in [0.29, 0.717) is 0 Å². The van der Waals surface area contributed by atoms with E-state index in [1.165, 1.54) is 44.3 Å². The maximum Gasteiger partial charge on any atom is 0.325 e. The quantitative estimate of drug-likeness (QED) is 0.385. The first-order chi connectivity index (χ1) is 11.7. The Morgan fingerprint density at radius 2 is 1.60 bits per heavy atom. The third kappa shape index (κ3) is 4.75. The molecule has 0 amide bonds. The monoisotopic (exact) mass is 489 g/mol. The van der Waals surface area contributed by atoms with E-state index < -0.39 is 7.60 Å². The Morgan fingerprint density at radius 3 is 2.12 bits per heavy atom. The molecule has 0 aliphatic carbocycles. The van der Waals surface area contributed by atoms with Gasteiger partial charge in [0, 0.05) is 31.4 Å². The van der Waals surface area contributed by atoms with Crippen LogP contribution in [0.2, 0.25) is 0 Å². The molecule has 0 saturated carbocycles. The Morgan fingerprint density at radius 1 is 1.00 bits per heavy atom. The summed E-state index contributed by atoms with van der Waals surface area (Å²) in [5.74, 6) is 0. The van der Waals surface area contributed by atoms with Crippen molar-refractivity contribution in [3.8, 4) is 0 Å². The minimum Gasteiger partial charge on any atom is -0.354 e. The molecule has 0 fully saturated rings. The number of aromatic nitrogens is 1. The smallest absolute Gasteiger partial charge is 0.325 e. The molecule has 3 aromatic rings. The second kappa shape index (κ2) is 8.36. The number of benzene rings is 2. The third-order valence-electron chi connectivity index (χ3n) is 4.15. The third-order valence-corrected chi connectivity index (χ3v) is 6.17. The lowest BCUT2D eigenvalue weighted by atomic mass is 9.99. The molecule has 0 saturated heterocycles. The van der Waals surface area contributed by atoms with Gasteiger partial charge in [0.1, 0.15) is 0 Å². The van der Waals surface area contributed by atoms with Crippen molar-refractivity contribution in [2.75, 3.05) is 6.16 Å². The van der Waals surface area contributed by atoms with Crippen molar-refractivity contribution in [2.45, 2.75) is 33.6 Å². The van der Waals surface area contributed by atoms with Crippen molar-refractivity contribution in [3.05, 3.63) is 44.3 Å². The number of aryl methyl sites for hydroxylation is 1. The molecule has 0 spiro atoms. The first-order valence-electron chi connectivity index (χ1n) is 8.17. The fourth-order valence-electron chi connectivity index (χ4n) is 2.85. The Kier molecular flexibility index (Phi) is 6.91. The number of nitrogens with one attached hydrogen (secondary N) is 1. The van der Waals surface area contributed by atoms with E-state index >= 15 is 0 Å². The summed E-state index contributed by atoms with van der Waals surface area (Å²) >= 11 is 7.29. The van der Waals surface area contributed by atoms with Gasteiger partial charge in [0.05, 0.1) is 5.52 Å². The zero-order chi connectivity index (χ0) is 18.8. The summed E-state index contributed by atoms with van der Waals surface area (Å²) in [6.07, 6.45) is 2.04. The zero-order valence-corrected chi connectivity index (χ0v) is 18.5. The molecule has 4 nitrogen and oxygen atoms in total. The number of rotatable bonds is 3. The molecular weight excluding hydrogens is 469 g/mol. The first kappa shape index (κ1) is 20.7. The minimum atomic E-state index is -3.65. The molecule has 136 valence electrons. The largest absolute Gasteiger partial charge is 0.354 e. The van der Waals surface area contributed by atoms with E-state index in [0.717, 1.165) is 17.3 Å². The van der Waals surface area contributed by atoms with E-state index in [1.807, 2.05) is 0 Å². The number of hydrogen-bond donors (Lipinski definition) is 3. The average Bonchev–Trinajstić information content (AvgIpc) is 2.91. The highest BCUT2D eigenvalue weighted by molar-refractivity contribution is 9.10. The molecule has 0 aliphatic rings. The van der Waals surface area contributed by atoms with Gasteiger partial charge in [0.2, 0.25) is 0 Å². The van der Waals surface area contributed by atoms with Gasteiger partial charge in [-0.05, 0) is 48.2 Å². The van der Waals surface area contributed by atoms with Gasteiger partial charge in [0.25, 0.3) is 0 Å². The molecule has 2 aromatic carbocycles. The molecule has 3 N–H and O–H groups in total. The van der Waals surface area contributed by atoms with Crippen molar-refractivity contribution < 1.29 is 14.4 Å². The fraction of sp³-hybridized carbons (Fsp3) is 0.333. The van der Waals surface area contributed by atoms with Gasteiger partial charge >= 0.3 is 7.60 Å². The molecule has 7 heteroatoms. The number of fused-ring (bicyclic) bond motifs is 3. The highest BCUT2D eigenvalue weighted by atomic mass is 79.9. The molecule has 0 unspecified atom stereocenters. The van der Waals surface area contributed by atoms with Crippen LogP contribution in [0.25, 0.3) is 21.8 Å². The van der Waals surface area contributed by atoms with E-state index in [4.69, 9.17) is 9.79 Å². The summed E-state index contributed by atoms with van der Waals surface area (Å²) in [5, 5.41) is 2.58. The molecule has 0 radical (unpaired) electrons. The van der Waals surface area contributed by atoms with Crippen LogP contribution in [-0.2, 0) is 17.4 Å². The highest BCUT2D eigenvalue weighted by Crippen LogP contribution is 2.35. The van der Waals surface area contributed by atoms with Crippen LogP contribution in [0.3, 0.4) is 0 Å². The van der Waals surface area contributed by atoms with Crippen LogP contribution in [0.1, 0.15) is 31.9 Å². The molecule has 25 heavy (non-hydrogen) atoms. The number of H-pyrrole nitrogens is 1. The topological polar surface area (TPSA) is 73.3 Å². The van der Waals surface area contributed by atoms with Gasteiger partial charge in [0.15, 0.2) is 0 Å². The van der Waals surface area contributed by atoms with Crippen LogP contribution in [0, 0.1) is 0 Å². The van der Waals surface area contributed by atoms with Crippen molar-refractivity contribution in [3.63, 3.8) is 0 Å². The van der Waals surface area contributed by atoms with Crippen LogP contribution in [0.15, 0.2) is 33.2 Å². The van der Waals surface area contributed by atoms with E-state index in [9.17, 15) is 4.57 Å². The maximum atomic E-state index is 9.69. The number of aromatic amines is 1. The summed E-state index contributed by atoms with van der Waals surface area (Å²) in [4.78, 5) is 19.5. The summed E-state index contributed by atoms with van der Waals surface area (Å²) in [7, 11) is -3.65. The van der Waals surface area contributed by atoms with Crippen molar-refractivity contribution in [1.82, 2.24) is 4.98 Å². The van der Waals surface area contributed by atoms with Crippen LogP contribution >= 0.6 is 39.5 Å². The summed E-state index contributed by atoms with van der Waals surface area (Å²) in [5.41, 5.74) is 5.34. The van der Waals surface area contributed by atoms with Crippen LogP contribution in [0.4, 0.5) is 0 Å². The van der Waals surface area contributed by atoms with Crippen LogP contribution < -0.4 is 0 Å². The van der Waals surface area contributed by atoms with E-state index in [1.54, 1.807) is 0 Å². The lowest BCUT2D eigenvalue weighted by molar-refractivity contribution is 0.375. The second-order valence-corrected chi connectivity index (χ2v) is 9.47. The average molecular weight is 491 g/mol. The van der Waals surface area contributed by atoms with Crippen LogP contribution in [-0.4, -0.2) is 20.9 Å². The van der Waals surface area contributed by atoms with Gasteiger partial charge in [-0.2, -0.15) is 0 Å². The maximum absolute atomic E-state index is 9.69. The normalized spacial score (nSPS) is 11.6. The van der Waals surface area contributed by atoms with Gasteiger partial charge < -0.3 is 14.8 Å². The number of halogens is 2. The summed E-state index contributed by atoms with van der Waals surface area (Å²) in [6.45, 7) is 5.88. The molecule has 0 bridgehead atoms. The van der Waals surface area contributed by atoms with Crippen molar-refractivity contribution in [2.24, 2.45) is 0 Å². The SMILES string of the molecule is CCP(=O)(O)O.CCc1c(Br)cc2c([nH]c3ccc(Br)cc32)c1CC. The molecule has 1 heterocycles. The van der Waals surface area contributed by atoms with Gasteiger partial charge in [-0.25, -0.2) is 0 Å². The molecule has 3 rings (SSSR count). The summed E-state index contributed by atoms with van der Waals surface area (Å²) in [6, 6.07) is 8.65. The van der Waals surface area contributed by atoms with Crippen LogP contribution in [0.5, 0.6) is 0 Å². The molecule has 0 atom stereocenters. The summed E-state index contributed by atoms with van der Waals surface area (Å²) < 4.78 is 12.0. The van der Waals surface area contributed by atoms with Gasteiger partial charge in [-0.15, -0.1) is 0 Å². The zero-order valence-electron chi connectivity index (χ0n) is 14.4. The van der Waals surface area contributed by atoms with Crippen molar-refractivity contribution in [1.29, 1.82) is 0 Å². The minimum absolute atomic E-state index is 0.0625. The molecule has 1 aromatic heterocycles. The lowest BCUT2D eigenvalue weighted by Crippen LogP contribution is -1.94. The van der Waals surface area contributed by atoms with Gasteiger partial charge in [-0.3, -0.25) is 4.57 Å². The Balaban J connectivity index is 0.000000326. The predicted octanol–water partition coefficient (Wildman–Crippen LogP) is 6.15. The van der Waals surface area contributed by atoms with Crippen molar-refractivity contribution >= 4 is 61.3 Å². The van der Waals surface area contributed by atoms with E-state index in [2.05, 4.69) is 75.0 Å². The second-order valence-electron chi connectivity index (χ2n) is 5.74. The lowest BCUT2D eigenvalue weighted by Gasteiger charge is -2.10. The standard InChI is InChI=1S/C16H15Br2N.C2H7O3P/c1-3-10-11(4-2)16-13(8-14(10)18)12-7-9(17)5-6-15(12)19-16;1-2-6(3,4)5/h5-8,19H,3-4H2,1-2H3;2H2,1H3,(H2,3,4,5). The Bertz CT molecular complexity index is 947. The predicted molar refractivity (Wildman–Crippen MR) is 113 cm³/mol. The highest BCUT2D eigenvalue weighted by Gasteiger charge is 2.13. The first-order valence-corrected chi connectivity index (χ1v) is 11.6. The van der Waals surface area contributed by atoms with Gasteiger partial charge in [-0.1, -0.05) is 52.6 Å². The number of hydrogen-bond acceptors (Lipinski definition) is 1.